The Bertz CT molecular complexity index is 499. The van der Waals surface area contributed by atoms with Crippen molar-refractivity contribution < 1.29 is 0 Å². The third kappa shape index (κ3) is 3.62. The Morgan fingerprint density at radius 2 is 1.95 bits per heavy atom. The molecule has 5 heteroatoms. The molecule has 0 bridgehead atoms. The van der Waals surface area contributed by atoms with Crippen LogP contribution >= 0.6 is 11.3 Å². The fraction of sp³-hybridized carbons (Fsp3) is 0.643. The number of hydrogen-bond acceptors (Lipinski definition) is 4. The number of aromatic nitrogens is 4. The van der Waals surface area contributed by atoms with Crippen LogP contribution < -0.4 is 0 Å². The van der Waals surface area contributed by atoms with Gasteiger partial charge in [0.05, 0.1) is 0 Å². The van der Waals surface area contributed by atoms with E-state index in [2.05, 4.69) is 45.9 Å². The molecule has 0 saturated heterocycles. The standard InChI is InChI=1S/C12H18N4S.C2H6/c1-5-6-16-10(8(2)3)14-15-11(16)12-13-9(4)7-17-12;1-2/h7-8H,5-6H2,1-4H3;1-2H3. The van der Waals surface area contributed by atoms with E-state index in [1.807, 2.05) is 20.8 Å². The smallest absolute Gasteiger partial charge is 0.193 e. The van der Waals surface area contributed by atoms with Crippen LogP contribution in [-0.4, -0.2) is 19.7 Å². The molecule has 2 aromatic heterocycles. The third-order valence-corrected chi connectivity index (χ3v) is 3.51. The van der Waals surface area contributed by atoms with E-state index in [0.717, 1.165) is 35.3 Å². The van der Waals surface area contributed by atoms with E-state index < -0.39 is 0 Å². The normalized spacial score (nSPS) is 10.5. The van der Waals surface area contributed by atoms with Crippen molar-refractivity contribution >= 4 is 11.3 Å². The molecule has 0 N–H and O–H groups in total. The molecule has 0 aliphatic rings. The zero-order chi connectivity index (χ0) is 14.4. The minimum absolute atomic E-state index is 0.392. The van der Waals surface area contributed by atoms with Crippen LogP contribution in [0.3, 0.4) is 0 Å². The molecule has 0 aliphatic carbocycles. The van der Waals surface area contributed by atoms with Gasteiger partial charge in [-0.05, 0) is 13.3 Å². The van der Waals surface area contributed by atoms with E-state index in [1.54, 1.807) is 11.3 Å². The fourth-order valence-electron chi connectivity index (χ4n) is 1.80. The topological polar surface area (TPSA) is 43.6 Å². The maximum absolute atomic E-state index is 4.49. The van der Waals surface area contributed by atoms with Crippen molar-refractivity contribution in [2.45, 2.75) is 60.4 Å². The number of aryl methyl sites for hydroxylation is 1. The molecule has 0 atom stereocenters. The van der Waals surface area contributed by atoms with Crippen LogP contribution in [0.4, 0.5) is 0 Å². The summed E-state index contributed by atoms with van der Waals surface area (Å²) in [5, 5.41) is 11.6. The molecule has 0 spiro atoms. The van der Waals surface area contributed by atoms with Gasteiger partial charge in [0.25, 0.3) is 0 Å². The summed E-state index contributed by atoms with van der Waals surface area (Å²) in [5.74, 6) is 2.35. The Balaban J connectivity index is 0.000000861. The lowest BCUT2D eigenvalue weighted by Crippen LogP contribution is -2.06. The van der Waals surface area contributed by atoms with Gasteiger partial charge < -0.3 is 4.57 Å². The van der Waals surface area contributed by atoms with Crippen molar-refractivity contribution in [2.75, 3.05) is 0 Å². The Labute approximate surface area is 119 Å². The first-order valence-corrected chi connectivity index (χ1v) is 7.87. The van der Waals surface area contributed by atoms with E-state index in [4.69, 9.17) is 0 Å². The zero-order valence-corrected chi connectivity index (χ0v) is 13.6. The van der Waals surface area contributed by atoms with Gasteiger partial charge >= 0.3 is 0 Å². The maximum atomic E-state index is 4.49. The molecular weight excluding hydrogens is 256 g/mol. The van der Waals surface area contributed by atoms with E-state index in [-0.39, 0.29) is 0 Å². The van der Waals surface area contributed by atoms with Crippen molar-refractivity contribution in [3.8, 4) is 10.8 Å². The van der Waals surface area contributed by atoms with Gasteiger partial charge in [-0.1, -0.05) is 34.6 Å². The quantitative estimate of drug-likeness (QED) is 0.840. The van der Waals surface area contributed by atoms with Crippen LogP contribution in [0.2, 0.25) is 0 Å². The first-order valence-electron chi connectivity index (χ1n) is 6.99. The second-order valence-corrected chi connectivity index (χ2v) is 5.34. The highest BCUT2D eigenvalue weighted by Gasteiger charge is 2.17. The lowest BCUT2D eigenvalue weighted by Gasteiger charge is -2.09. The van der Waals surface area contributed by atoms with Crippen LogP contribution in [0.1, 0.15) is 58.5 Å². The lowest BCUT2D eigenvalue weighted by atomic mass is 10.2. The van der Waals surface area contributed by atoms with Gasteiger partial charge in [-0.3, -0.25) is 0 Å². The molecule has 2 rings (SSSR count). The number of rotatable bonds is 4. The van der Waals surface area contributed by atoms with E-state index >= 15 is 0 Å². The van der Waals surface area contributed by atoms with Gasteiger partial charge in [-0.15, -0.1) is 21.5 Å². The first-order chi connectivity index (χ1) is 9.13. The molecule has 0 aliphatic heterocycles. The van der Waals surface area contributed by atoms with Gasteiger partial charge in [-0.2, -0.15) is 0 Å². The van der Waals surface area contributed by atoms with Crippen molar-refractivity contribution in [3.63, 3.8) is 0 Å². The van der Waals surface area contributed by atoms with E-state index in [0.29, 0.717) is 5.92 Å². The average Bonchev–Trinajstić information content (AvgIpc) is 2.98. The molecule has 0 amide bonds. The summed E-state index contributed by atoms with van der Waals surface area (Å²) in [6, 6.07) is 0. The highest BCUT2D eigenvalue weighted by Crippen LogP contribution is 2.25. The Kier molecular flexibility index (Phi) is 6.15. The zero-order valence-electron chi connectivity index (χ0n) is 12.8. The largest absolute Gasteiger partial charge is 0.309 e. The van der Waals surface area contributed by atoms with Gasteiger partial charge in [0, 0.05) is 23.5 Å². The predicted octanol–water partition coefficient (Wildman–Crippen LogP) is 4.27. The molecule has 19 heavy (non-hydrogen) atoms. The van der Waals surface area contributed by atoms with Crippen LogP contribution in [0.25, 0.3) is 10.8 Å². The fourth-order valence-corrected chi connectivity index (χ4v) is 2.59. The van der Waals surface area contributed by atoms with Crippen LogP contribution in [0, 0.1) is 6.92 Å². The summed E-state index contributed by atoms with van der Waals surface area (Å²) < 4.78 is 2.20. The Hall–Kier alpha value is -1.23. The first kappa shape index (κ1) is 15.8. The molecule has 106 valence electrons. The molecule has 2 aromatic rings. The van der Waals surface area contributed by atoms with E-state index in [9.17, 15) is 0 Å². The van der Waals surface area contributed by atoms with Crippen molar-refractivity contribution in [3.05, 3.63) is 16.9 Å². The summed E-state index contributed by atoms with van der Waals surface area (Å²) >= 11 is 1.63. The second-order valence-electron chi connectivity index (χ2n) is 4.48. The highest BCUT2D eigenvalue weighted by atomic mass is 32.1. The molecule has 2 heterocycles. The van der Waals surface area contributed by atoms with Gasteiger partial charge in [0.1, 0.15) is 5.82 Å². The lowest BCUT2D eigenvalue weighted by molar-refractivity contribution is 0.614. The highest BCUT2D eigenvalue weighted by molar-refractivity contribution is 7.13. The molecule has 0 fully saturated rings. The van der Waals surface area contributed by atoms with Gasteiger partial charge in [0.15, 0.2) is 10.8 Å². The van der Waals surface area contributed by atoms with Crippen molar-refractivity contribution in [1.29, 1.82) is 0 Å². The molecular formula is C14H24N4S. The summed E-state index contributed by atoms with van der Waals surface area (Å²) in [7, 11) is 0. The second kappa shape index (κ2) is 7.38. The summed E-state index contributed by atoms with van der Waals surface area (Å²) in [5.41, 5.74) is 1.04. The average molecular weight is 280 g/mol. The Morgan fingerprint density at radius 1 is 1.26 bits per heavy atom. The molecule has 0 saturated carbocycles. The van der Waals surface area contributed by atoms with Crippen LogP contribution in [0.15, 0.2) is 5.38 Å². The van der Waals surface area contributed by atoms with Crippen molar-refractivity contribution in [2.24, 2.45) is 0 Å². The number of thiazole rings is 1. The maximum Gasteiger partial charge on any atom is 0.193 e. The predicted molar refractivity (Wildman–Crippen MR) is 81.6 cm³/mol. The minimum atomic E-state index is 0.392. The molecule has 0 radical (unpaired) electrons. The van der Waals surface area contributed by atoms with Crippen LogP contribution in [0.5, 0.6) is 0 Å². The summed E-state index contributed by atoms with van der Waals surface area (Å²) in [6.07, 6.45) is 1.08. The Morgan fingerprint density at radius 3 is 2.42 bits per heavy atom. The van der Waals surface area contributed by atoms with Crippen LogP contribution in [-0.2, 0) is 6.54 Å². The molecule has 0 unspecified atom stereocenters. The monoisotopic (exact) mass is 280 g/mol. The van der Waals surface area contributed by atoms with Crippen molar-refractivity contribution in [1.82, 2.24) is 19.7 Å². The molecule has 0 aromatic carbocycles. The number of nitrogens with zero attached hydrogens (tertiary/aromatic N) is 4. The molecule has 4 nitrogen and oxygen atoms in total. The number of hydrogen-bond donors (Lipinski definition) is 0. The van der Waals surface area contributed by atoms with Gasteiger partial charge in [-0.25, -0.2) is 4.98 Å². The SMILES string of the molecule is CC.CCCn1c(-c2nc(C)cs2)nnc1C(C)C. The van der Waals surface area contributed by atoms with E-state index in [1.165, 1.54) is 0 Å². The van der Waals surface area contributed by atoms with Gasteiger partial charge in [0.2, 0.25) is 0 Å². The summed E-state index contributed by atoms with van der Waals surface area (Å²) in [4.78, 5) is 4.49. The third-order valence-electron chi connectivity index (χ3n) is 2.55. The minimum Gasteiger partial charge on any atom is -0.309 e. The summed E-state index contributed by atoms with van der Waals surface area (Å²) in [6.45, 7) is 13.4.